The van der Waals surface area contributed by atoms with Gasteiger partial charge in [-0.25, -0.2) is 0 Å². The molecule has 2 atom stereocenters. The molecule has 0 spiro atoms. The Balaban J connectivity index is -0.000000606. The van der Waals surface area contributed by atoms with Gasteiger partial charge >= 0.3 is 127 Å². The Morgan fingerprint density at radius 3 is 1.20 bits per heavy atom. The van der Waals surface area contributed by atoms with Crippen molar-refractivity contribution in [2.75, 3.05) is 13.2 Å². The quantitative estimate of drug-likeness (QED) is 0.0454. The first kappa shape index (κ1) is 48.8. The van der Waals surface area contributed by atoms with Crippen molar-refractivity contribution in [3.8, 4) is 0 Å². The number of carboxylic acid groups (broad SMARTS) is 2. The number of thiol groups is 2. The topological polar surface area (TPSA) is 133 Å². The average molecular weight is 784 g/mol. The standard InChI is InChI=1S/2C10H20O2S.2C7H13O2.Sn/c2*1-8(2)6-4-3-5-7-9(13)10(11)12;2*1-3-5-6-9-7(8)4-2;/h2*8-9,13H,3-7H2,1-2H3,(H,11,12);2*2-6H2,1H3;/q;;;;+2/p-2. The van der Waals surface area contributed by atoms with Gasteiger partial charge in [0.25, 0.3) is 0 Å². The third-order valence-electron chi connectivity index (χ3n) is 6.60. The fraction of sp³-hybridized carbons (Fsp3) is 0.882. The molecule has 11 heteroatoms. The number of ether oxygens (including phenoxy) is 2. The predicted molar refractivity (Wildman–Crippen MR) is 188 cm³/mol. The summed E-state index contributed by atoms with van der Waals surface area (Å²) >= 11 is 7.21. The monoisotopic (exact) mass is 784 g/mol. The van der Waals surface area contributed by atoms with E-state index in [-0.39, 0.29) is 11.9 Å². The van der Waals surface area contributed by atoms with Crippen LogP contribution in [-0.4, -0.2) is 68.7 Å². The number of hydrogen-bond acceptors (Lipinski definition) is 10. The van der Waals surface area contributed by atoms with Crippen LogP contribution in [0.5, 0.6) is 0 Å². The molecule has 0 aliphatic rings. The number of hydrogen-bond donors (Lipinski definition) is 2. The van der Waals surface area contributed by atoms with Gasteiger partial charge in [-0.1, -0.05) is 79.1 Å². The Bertz CT molecular complexity index is 664. The number of rotatable bonds is 26. The number of esters is 2. The molecule has 0 aromatic heterocycles. The van der Waals surface area contributed by atoms with Gasteiger partial charge in [0.15, 0.2) is 0 Å². The van der Waals surface area contributed by atoms with E-state index in [1.54, 1.807) is 0 Å². The van der Waals surface area contributed by atoms with Gasteiger partial charge in [0.2, 0.25) is 0 Å². The molecule has 264 valence electrons. The van der Waals surface area contributed by atoms with Gasteiger partial charge in [-0.05, 0) is 24.7 Å². The van der Waals surface area contributed by atoms with E-state index >= 15 is 0 Å². The van der Waals surface area contributed by atoms with Crippen LogP contribution in [-0.2, 0) is 28.7 Å². The van der Waals surface area contributed by atoms with Crippen molar-refractivity contribution in [3.63, 3.8) is 0 Å². The number of carbonyl (C=O) groups is 4. The Labute approximate surface area is 296 Å². The van der Waals surface area contributed by atoms with Gasteiger partial charge < -0.3 is 19.8 Å². The first-order valence-electron chi connectivity index (χ1n) is 17.1. The predicted octanol–water partition coefficient (Wildman–Crippen LogP) is 6.28. The van der Waals surface area contributed by atoms with Gasteiger partial charge in [-0.3, -0.25) is 0 Å². The number of carbonyl (C=O) groups excluding carboxylic acids is 4. The summed E-state index contributed by atoms with van der Waals surface area (Å²) in [6.45, 7) is 14.0. The van der Waals surface area contributed by atoms with Gasteiger partial charge in [-0.2, -0.15) is 25.3 Å². The molecule has 0 N–H and O–H groups in total. The molecule has 0 aromatic carbocycles. The fourth-order valence-electron chi connectivity index (χ4n) is 3.68. The summed E-state index contributed by atoms with van der Waals surface area (Å²) in [5, 5.41) is 19.4. The van der Waals surface area contributed by atoms with E-state index in [0.29, 0.717) is 38.9 Å². The molecule has 0 saturated heterocycles. The van der Waals surface area contributed by atoms with Gasteiger partial charge in [0.05, 0.1) is 11.9 Å². The summed E-state index contributed by atoms with van der Waals surface area (Å²) < 4.78 is 12.1. The van der Waals surface area contributed by atoms with Gasteiger partial charge in [-0.15, -0.1) is 0 Å². The van der Waals surface area contributed by atoms with Crippen LogP contribution in [0.1, 0.15) is 144 Å². The molecule has 0 heterocycles. The first-order valence-corrected chi connectivity index (χ1v) is 22.1. The van der Waals surface area contributed by atoms with Crippen LogP contribution in [0.4, 0.5) is 0 Å². The zero-order chi connectivity index (χ0) is 34.9. The summed E-state index contributed by atoms with van der Waals surface area (Å²) in [5.74, 6) is -0.778. The maximum absolute atomic E-state index is 11.3. The molecule has 0 bridgehead atoms. The summed E-state index contributed by atoms with van der Waals surface area (Å²) in [6, 6.07) is 0. The summed E-state index contributed by atoms with van der Waals surface area (Å²) in [7, 11) is 0. The normalized spacial score (nSPS) is 11.8. The molecular formula is C34H64O8S2Sn. The molecule has 0 aliphatic carbocycles. The summed E-state index contributed by atoms with van der Waals surface area (Å²) in [5.41, 5.74) is 0. The van der Waals surface area contributed by atoms with E-state index in [4.69, 9.17) is 9.47 Å². The van der Waals surface area contributed by atoms with Crippen molar-refractivity contribution >= 4 is 70.3 Å². The molecule has 0 radical (unpaired) electrons. The van der Waals surface area contributed by atoms with Crippen molar-refractivity contribution in [2.24, 2.45) is 11.8 Å². The second-order valence-electron chi connectivity index (χ2n) is 12.1. The Kier molecular flexibility index (Phi) is 39.3. The minimum atomic E-state index is -1.05. The van der Waals surface area contributed by atoms with Crippen molar-refractivity contribution < 1.29 is 38.9 Å². The molecule has 2 unspecified atom stereocenters. The molecule has 0 fully saturated rings. The molecule has 0 amide bonds. The first-order chi connectivity index (χ1) is 21.3. The zero-order valence-corrected chi connectivity index (χ0v) is 33.8. The van der Waals surface area contributed by atoms with E-state index in [1.807, 2.05) is 0 Å². The second-order valence-corrected chi connectivity index (χ2v) is 17.7. The van der Waals surface area contributed by atoms with Crippen LogP contribution in [0.3, 0.4) is 0 Å². The van der Waals surface area contributed by atoms with Crippen LogP contribution in [0.2, 0.25) is 8.87 Å². The third kappa shape index (κ3) is 43.4. The van der Waals surface area contributed by atoms with E-state index in [1.165, 1.54) is 25.7 Å². The molecule has 0 aliphatic heterocycles. The van der Waals surface area contributed by atoms with Crippen LogP contribution >= 0.6 is 25.3 Å². The molecule has 0 aromatic rings. The van der Waals surface area contributed by atoms with Gasteiger partial charge in [0, 0.05) is 10.5 Å². The number of unbranched alkanes of at least 4 members (excludes halogenated alkanes) is 6. The number of aliphatic carboxylic acids is 2. The zero-order valence-electron chi connectivity index (χ0n) is 29.1. The Morgan fingerprint density at radius 2 is 0.911 bits per heavy atom. The molecule has 8 nitrogen and oxygen atoms in total. The van der Waals surface area contributed by atoms with E-state index in [0.717, 1.165) is 72.1 Å². The molecule has 0 rings (SSSR count). The van der Waals surface area contributed by atoms with Crippen molar-refractivity contribution in [1.82, 2.24) is 0 Å². The molecular weight excluding hydrogens is 719 g/mol. The van der Waals surface area contributed by atoms with Crippen LogP contribution in [0.25, 0.3) is 0 Å². The molecule has 45 heavy (non-hydrogen) atoms. The summed E-state index contributed by atoms with van der Waals surface area (Å²) in [4.78, 5) is 43.2. The minimum absolute atomic E-state index is 0.0835. The fourth-order valence-corrected chi connectivity index (χ4v) is 6.93. The van der Waals surface area contributed by atoms with Gasteiger partial charge in [0.1, 0.15) is 0 Å². The van der Waals surface area contributed by atoms with Crippen molar-refractivity contribution in [3.05, 3.63) is 0 Å². The Morgan fingerprint density at radius 1 is 0.578 bits per heavy atom. The average Bonchev–Trinajstić information content (AvgIpc) is 2.97. The summed E-state index contributed by atoms with van der Waals surface area (Å²) in [6.07, 6.45) is 15.2. The number of carboxylic acids is 2. The van der Waals surface area contributed by atoms with Crippen LogP contribution < -0.4 is 10.2 Å². The SMILES string of the molecule is CC(C)CCCCCC(S)C(=O)[O-].CC(C)CCCCCC(S)C(=O)[O-].CCCCOC(=O)C[CH2][Sn+2][CH2]CC(=O)OCCCC. The van der Waals surface area contributed by atoms with E-state index in [9.17, 15) is 29.4 Å². The third-order valence-corrected chi connectivity index (χ3v) is 11.0. The van der Waals surface area contributed by atoms with Crippen molar-refractivity contribution in [1.29, 1.82) is 0 Å². The Hall–Kier alpha value is -0.621. The van der Waals surface area contributed by atoms with Crippen LogP contribution in [0.15, 0.2) is 0 Å². The molecule has 0 saturated carbocycles. The van der Waals surface area contributed by atoms with E-state index < -0.39 is 43.6 Å². The van der Waals surface area contributed by atoms with E-state index in [2.05, 4.69) is 66.8 Å². The van der Waals surface area contributed by atoms with Crippen molar-refractivity contribution in [2.45, 2.75) is 164 Å². The second kappa shape index (κ2) is 36.2. The maximum atomic E-state index is 11.3. The van der Waals surface area contributed by atoms with Crippen LogP contribution in [0, 0.1) is 11.8 Å².